The largest absolute Gasteiger partial charge is 0.495 e. The molecule has 0 bridgehead atoms. The zero-order valence-corrected chi connectivity index (χ0v) is 17.9. The van der Waals surface area contributed by atoms with Crippen molar-refractivity contribution in [1.82, 2.24) is 4.83 Å². The van der Waals surface area contributed by atoms with Crippen molar-refractivity contribution < 1.29 is 17.9 Å². The molecule has 0 spiro atoms. The molecule has 3 aromatic rings. The first kappa shape index (κ1) is 21.4. The SMILES string of the molecule is COc1ccc(C)cc1S(=O)(=O)N/N=C/c1ccccc1OCc1ccc(C)cc1. The van der Waals surface area contributed by atoms with Crippen molar-refractivity contribution in [3.05, 3.63) is 89.0 Å². The van der Waals surface area contributed by atoms with Crippen molar-refractivity contribution in [3.8, 4) is 11.5 Å². The number of methoxy groups -OCH3 is 1. The van der Waals surface area contributed by atoms with Gasteiger partial charge in [0.15, 0.2) is 0 Å². The maximum Gasteiger partial charge on any atom is 0.280 e. The Kier molecular flexibility index (Phi) is 6.74. The first-order chi connectivity index (χ1) is 14.4. The molecular weight excluding hydrogens is 400 g/mol. The minimum atomic E-state index is -3.88. The van der Waals surface area contributed by atoms with Gasteiger partial charge in [-0.15, -0.1) is 0 Å². The predicted octanol–water partition coefficient (Wildman–Crippen LogP) is 4.20. The third kappa shape index (κ3) is 5.39. The van der Waals surface area contributed by atoms with Crippen LogP contribution in [0.5, 0.6) is 11.5 Å². The lowest BCUT2D eigenvalue weighted by molar-refractivity contribution is 0.306. The maximum absolute atomic E-state index is 12.6. The third-order valence-electron chi connectivity index (χ3n) is 4.42. The minimum absolute atomic E-state index is 0.0334. The zero-order valence-electron chi connectivity index (χ0n) is 17.1. The second-order valence-electron chi connectivity index (χ2n) is 6.82. The third-order valence-corrected chi connectivity index (χ3v) is 5.66. The number of benzene rings is 3. The van der Waals surface area contributed by atoms with Crippen LogP contribution in [0.15, 0.2) is 76.7 Å². The molecule has 0 saturated carbocycles. The first-order valence-corrected chi connectivity index (χ1v) is 10.8. The second-order valence-corrected chi connectivity index (χ2v) is 8.45. The van der Waals surface area contributed by atoms with Crippen LogP contribution >= 0.6 is 0 Å². The monoisotopic (exact) mass is 424 g/mol. The fourth-order valence-electron chi connectivity index (χ4n) is 2.77. The molecule has 7 heteroatoms. The summed E-state index contributed by atoms with van der Waals surface area (Å²) in [6, 6.07) is 20.3. The molecule has 0 fully saturated rings. The molecule has 0 aliphatic rings. The Hall–Kier alpha value is -3.32. The van der Waals surface area contributed by atoms with E-state index < -0.39 is 10.0 Å². The molecule has 0 heterocycles. The van der Waals surface area contributed by atoms with E-state index in [0.717, 1.165) is 11.1 Å². The average Bonchev–Trinajstić information content (AvgIpc) is 2.74. The van der Waals surface area contributed by atoms with Gasteiger partial charge in [0, 0.05) is 5.56 Å². The molecule has 0 aromatic heterocycles. The van der Waals surface area contributed by atoms with E-state index >= 15 is 0 Å². The topological polar surface area (TPSA) is 77.0 Å². The molecule has 0 unspecified atom stereocenters. The van der Waals surface area contributed by atoms with Crippen LogP contribution in [0.3, 0.4) is 0 Å². The molecule has 0 saturated heterocycles. The Balaban J connectivity index is 1.73. The van der Waals surface area contributed by atoms with Gasteiger partial charge in [0.2, 0.25) is 0 Å². The molecule has 0 radical (unpaired) electrons. The highest BCUT2D eigenvalue weighted by atomic mass is 32.2. The lowest BCUT2D eigenvalue weighted by Crippen LogP contribution is -2.19. The summed E-state index contributed by atoms with van der Waals surface area (Å²) < 4.78 is 36.3. The Morgan fingerprint density at radius 2 is 1.63 bits per heavy atom. The number of nitrogens with zero attached hydrogens (tertiary/aromatic N) is 1. The van der Waals surface area contributed by atoms with Crippen LogP contribution in [0.1, 0.15) is 22.3 Å². The van der Waals surface area contributed by atoms with E-state index in [1.54, 1.807) is 18.2 Å². The van der Waals surface area contributed by atoms with Gasteiger partial charge in [-0.3, -0.25) is 0 Å². The highest BCUT2D eigenvalue weighted by Gasteiger charge is 2.19. The number of ether oxygens (including phenoxy) is 2. The van der Waals surface area contributed by atoms with Crippen LogP contribution in [0.4, 0.5) is 0 Å². The predicted molar refractivity (Wildman–Crippen MR) is 118 cm³/mol. The van der Waals surface area contributed by atoms with E-state index in [-0.39, 0.29) is 10.6 Å². The summed E-state index contributed by atoms with van der Waals surface area (Å²) in [5, 5.41) is 3.92. The van der Waals surface area contributed by atoms with Crippen LogP contribution in [0, 0.1) is 13.8 Å². The molecule has 0 amide bonds. The van der Waals surface area contributed by atoms with Crippen LogP contribution in [0.25, 0.3) is 0 Å². The van der Waals surface area contributed by atoms with Gasteiger partial charge in [-0.25, -0.2) is 0 Å². The molecule has 0 atom stereocenters. The maximum atomic E-state index is 12.6. The summed E-state index contributed by atoms with van der Waals surface area (Å²) in [5.74, 6) is 0.860. The van der Waals surface area contributed by atoms with Gasteiger partial charge >= 0.3 is 0 Å². The average molecular weight is 425 g/mol. The summed E-state index contributed by atoms with van der Waals surface area (Å²) in [4.78, 5) is 2.27. The van der Waals surface area contributed by atoms with Crippen molar-refractivity contribution in [2.45, 2.75) is 25.3 Å². The van der Waals surface area contributed by atoms with E-state index in [4.69, 9.17) is 9.47 Å². The Morgan fingerprint density at radius 1 is 0.933 bits per heavy atom. The van der Waals surface area contributed by atoms with Gasteiger partial charge in [0.1, 0.15) is 23.0 Å². The highest BCUT2D eigenvalue weighted by molar-refractivity contribution is 7.89. The molecular formula is C23H24N2O4S. The van der Waals surface area contributed by atoms with Crippen LogP contribution < -0.4 is 14.3 Å². The lowest BCUT2D eigenvalue weighted by Gasteiger charge is -2.10. The highest BCUT2D eigenvalue weighted by Crippen LogP contribution is 2.24. The fourth-order valence-corrected chi connectivity index (χ4v) is 3.82. The van der Waals surface area contributed by atoms with E-state index in [0.29, 0.717) is 17.9 Å². The molecule has 156 valence electrons. The van der Waals surface area contributed by atoms with E-state index in [1.807, 2.05) is 56.3 Å². The molecule has 0 aliphatic carbocycles. The standard InChI is InChI=1S/C23H24N2O4S/c1-17-8-11-19(12-9-17)16-29-21-7-5-4-6-20(21)15-24-25-30(26,27)23-14-18(2)10-13-22(23)28-3/h4-15,25H,16H2,1-3H3/b24-15+. The quantitative estimate of drug-likeness (QED) is 0.434. The van der Waals surface area contributed by atoms with Gasteiger partial charge in [-0.2, -0.15) is 18.4 Å². The first-order valence-electron chi connectivity index (χ1n) is 9.36. The van der Waals surface area contributed by atoms with Crippen LogP contribution in [0.2, 0.25) is 0 Å². The van der Waals surface area contributed by atoms with Crippen molar-refractivity contribution in [2.24, 2.45) is 5.10 Å². The van der Waals surface area contributed by atoms with E-state index in [9.17, 15) is 8.42 Å². The number of sulfonamides is 1. The Labute approximate surface area is 177 Å². The summed E-state index contributed by atoms with van der Waals surface area (Å²) in [7, 11) is -2.46. The van der Waals surface area contributed by atoms with E-state index in [2.05, 4.69) is 9.93 Å². The number of nitrogens with one attached hydrogen (secondary N) is 1. The van der Waals surface area contributed by atoms with Crippen LogP contribution in [-0.4, -0.2) is 21.7 Å². The van der Waals surface area contributed by atoms with Crippen molar-refractivity contribution in [1.29, 1.82) is 0 Å². The number of hydrogen-bond donors (Lipinski definition) is 1. The summed E-state index contributed by atoms with van der Waals surface area (Å²) in [6.45, 7) is 4.24. The van der Waals surface area contributed by atoms with Crippen molar-refractivity contribution in [2.75, 3.05) is 7.11 Å². The second kappa shape index (κ2) is 9.45. The smallest absolute Gasteiger partial charge is 0.280 e. The van der Waals surface area contributed by atoms with Crippen molar-refractivity contribution >= 4 is 16.2 Å². The molecule has 1 N–H and O–H groups in total. The zero-order chi connectivity index (χ0) is 21.6. The summed E-state index contributed by atoms with van der Waals surface area (Å²) in [5.41, 5.74) is 3.68. The normalized spacial score (nSPS) is 11.4. The number of para-hydroxylation sites is 1. The Morgan fingerprint density at radius 3 is 2.37 bits per heavy atom. The lowest BCUT2D eigenvalue weighted by atomic mass is 10.1. The van der Waals surface area contributed by atoms with Gasteiger partial charge in [-0.05, 0) is 49.2 Å². The number of rotatable bonds is 8. The number of hydrogen-bond acceptors (Lipinski definition) is 5. The molecule has 0 aliphatic heterocycles. The van der Waals surface area contributed by atoms with Crippen molar-refractivity contribution in [3.63, 3.8) is 0 Å². The molecule has 30 heavy (non-hydrogen) atoms. The number of aryl methyl sites for hydroxylation is 2. The van der Waals surface area contributed by atoms with Gasteiger partial charge in [0.05, 0.1) is 13.3 Å². The minimum Gasteiger partial charge on any atom is -0.495 e. The van der Waals surface area contributed by atoms with Crippen LogP contribution in [-0.2, 0) is 16.6 Å². The molecule has 3 aromatic carbocycles. The summed E-state index contributed by atoms with van der Waals surface area (Å²) in [6.07, 6.45) is 1.42. The molecule has 6 nitrogen and oxygen atoms in total. The number of hydrazone groups is 1. The van der Waals surface area contributed by atoms with Gasteiger partial charge < -0.3 is 9.47 Å². The van der Waals surface area contributed by atoms with E-state index in [1.165, 1.54) is 25.0 Å². The summed E-state index contributed by atoms with van der Waals surface area (Å²) >= 11 is 0. The molecule has 3 rings (SSSR count). The fraction of sp³-hybridized carbons (Fsp3) is 0.174. The Bertz CT molecular complexity index is 1140. The van der Waals surface area contributed by atoms with Gasteiger partial charge in [0.25, 0.3) is 10.0 Å². The van der Waals surface area contributed by atoms with Gasteiger partial charge in [-0.1, -0.05) is 48.0 Å².